The van der Waals surface area contributed by atoms with Crippen LogP contribution in [0, 0.1) is 0 Å². The number of rotatable bonds is 5. The number of hydrogen-bond donors (Lipinski definition) is 3. The number of carbonyl (C=O) groups is 1. The second-order valence-corrected chi connectivity index (χ2v) is 6.88. The predicted octanol–water partition coefficient (Wildman–Crippen LogP) is 3.13. The first-order chi connectivity index (χ1) is 13.6. The van der Waals surface area contributed by atoms with Crippen LogP contribution < -0.4 is 15.4 Å². The van der Waals surface area contributed by atoms with Gasteiger partial charge in [-0.3, -0.25) is 9.89 Å². The highest BCUT2D eigenvalue weighted by Gasteiger charge is 2.25. The fraction of sp³-hybridized carbons (Fsp3) is 0.182. The maximum absolute atomic E-state index is 12.7. The number of anilines is 1. The molecule has 1 atom stereocenters. The Labute approximate surface area is 163 Å². The lowest BCUT2D eigenvalue weighted by molar-refractivity contribution is -0.117. The third-order valence-corrected chi connectivity index (χ3v) is 4.90. The maximum atomic E-state index is 12.7. The van der Waals surface area contributed by atoms with E-state index in [0.717, 1.165) is 34.5 Å². The van der Waals surface area contributed by atoms with Crippen LogP contribution in [0.1, 0.15) is 22.3 Å². The molecule has 3 aromatic rings. The number of amides is 1. The normalized spacial score (nSPS) is 16.0. The van der Waals surface area contributed by atoms with Crippen LogP contribution >= 0.6 is 0 Å². The number of hydrogen-bond acceptors (Lipinski definition) is 4. The van der Waals surface area contributed by atoms with Gasteiger partial charge in [-0.05, 0) is 34.9 Å². The Morgan fingerprint density at radius 2 is 1.89 bits per heavy atom. The van der Waals surface area contributed by atoms with E-state index in [1.165, 1.54) is 5.56 Å². The molecule has 6 heteroatoms. The van der Waals surface area contributed by atoms with Crippen molar-refractivity contribution in [3.63, 3.8) is 0 Å². The Balaban J connectivity index is 1.47. The molecule has 142 valence electrons. The van der Waals surface area contributed by atoms with Gasteiger partial charge in [0.15, 0.2) is 0 Å². The summed E-state index contributed by atoms with van der Waals surface area (Å²) in [4.78, 5) is 12.7. The average molecular weight is 374 g/mol. The zero-order chi connectivity index (χ0) is 19.5. The molecule has 6 nitrogen and oxygen atoms in total. The molecule has 0 radical (unpaired) electrons. The van der Waals surface area contributed by atoms with Crippen molar-refractivity contribution >= 4 is 17.3 Å². The van der Waals surface area contributed by atoms with Gasteiger partial charge >= 0.3 is 0 Å². The minimum absolute atomic E-state index is 0.0764. The Kier molecular flexibility index (Phi) is 4.85. The molecule has 1 aromatic heterocycles. The molecule has 0 aliphatic carbocycles. The summed E-state index contributed by atoms with van der Waals surface area (Å²) in [5.41, 5.74) is 5.70. The first-order valence-corrected chi connectivity index (χ1v) is 9.12. The smallest absolute Gasteiger partial charge is 0.247 e. The van der Waals surface area contributed by atoms with Gasteiger partial charge in [-0.15, -0.1) is 0 Å². The Morgan fingerprint density at radius 3 is 2.61 bits per heavy atom. The molecule has 0 fully saturated rings. The van der Waals surface area contributed by atoms with Crippen LogP contribution in [0.15, 0.2) is 61.4 Å². The van der Waals surface area contributed by atoms with Gasteiger partial charge in [0.25, 0.3) is 0 Å². The van der Waals surface area contributed by atoms with Gasteiger partial charge in [0.1, 0.15) is 11.8 Å². The molecule has 4 rings (SSSR count). The number of methoxy groups -OCH3 is 1. The molecule has 3 N–H and O–H groups in total. The predicted molar refractivity (Wildman–Crippen MR) is 109 cm³/mol. The minimum Gasteiger partial charge on any atom is -0.497 e. The summed E-state index contributed by atoms with van der Waals surface area (Å²) >= 11 is 0. The molecule has 2 heterocycles. The topological polar surface area (TPSA) is 79.0 Å². The lowest BCUT2D eigenvalue weighted by atomic mass is 10.0. The standard InChI is InChI=1S/C22H22N4O2/c1-14-19-11-18(28-2)7-8-20(19)26-22(27)21(25-14)10-16-5-3-15(4-6-16)9-17-12-23-24-13-17/h3-8,11-13,21,25H,1,9-10H2,2H3,(H,23,24)(H,26,27). The number of aromatic amines is 1. The molecule has 2 aromatic carbocycles. The van der Waals surface area contributed by atoms with Gasteiger partial charge in [0.05, 0.1) is 19.0 Å². The zero-order valence-electron chi connectivity index (χ0n) is 15.7. The highest BCUT2D eigenvalue weighted by molar-refractivity contribution is 6.00. The SMILES string of the molecule is C=C1NC(Cc2ccc(Cc3cn[nH]c3)cc2)C(=O)Nc2ccc(OC)cc21. The van der Waals surface area contributed by atoms with Gasteiger partial charge < -0.3 is 15.4 Å². The summed E-state index contributed by atoms with van der Waals surface area (Å²) in [6, 6.07) is 13.4. The van der Waals surface area contributed by atoms with E-state index in [2.05, 4.69) is 51.7 Å². The summed E-state index contributed by atoms with van der Waals surface area (Å²) in [5, 5.41) is 13.0. The Hall–Kier alpha value is -3.54. The molecule has 0 bridgehead atoms. The van der Waals surface area contributed by atoms with Crippen molar-refractivity contribution < 1.29 is 9.53 Å². The van der Waals surface area contributed by atoms with Crippen molar-refractivity contribution in [2.45, 2.75) is 18.9 Å². The summed E-state index contributed by atoms with van der Waals surface area (Å²) in [6.45, 7) is 4.11. The van der Waals surface area contributed by atoms with E-state index in [-0.39, 0.29) is 5.91 Å². The molecule has 0 spiro atoms. The van der Waals surface area contributed by atoms with Crippen molar-refractivity contribution in [1.29, 1.82) is 0 Å². The van der Waals surface area contributed by atoms with Crippen LogP contribution in [-0.4, -0.2) is 29.3 Å². The quantitative estimate of drug-likeness (QED) is 0.641. The molecular weight excluding hydrogens is 352 g/mol. The minimum atomic E-state index is -0.398. The molecule has 0 saturated carbocycles. The summed E-state index contributed by atoms with van der Waals surface area (Å²) in [5.74, 6) is 0.648. The molecule has 1 amide bonds. The maximum Gasteiger partial charge on any atom is 0.247 e. The third kappa shape index (κ3) is 3.76. The van der Waals surface area contributed by atoms with E-state index >= 15 is 0 Å². The first kappa shape index (κ1) is 17.9. The van der Waals surface area contributed by atoms with Gasteiger partial charge in [-0.2, -0.15) is 5.10 Å². The summed E-state index contributed by atoms with van der Waals surface area (Å²) in [7, 11) is 1.62. The van der Waals surface area contributed by atoms with Gasteiger partial charge in [0, 0.05) is 30.3 Å². The van der Waals surface area contributed by atoms with E-state index in [4.69, 9.17) is 4.74 Å². The summed E-state index contributed by atoms with van der Waals surface area (Å²) in [6.07, 6.45) is 5.12. The van der Waals surface area contributed by atoms with E-state index in [1.54, 1.807) is 7.11 Å². The fourth-order valence-corrected chi connectivity index (χ4v) is 3.37. The zero-order valence-corrected chi connectivity index (χ0v) is 15.7. The van der Waals surface area contributed by atoms with Crippen molar-refractivity contribution in [2.75, 3.05) is 12.4 Å². The average Bonchev–Trinajstić information content (AvgIpc) is 3.18. The highest BCUT2D eigenvalue weighted by Crippen LogP contribution is 2.29. The van der Waals surface area contributed by atoms with Crippen LogP contribution in [-0.2, 0) is 17.6 Å². The van der Waals surface area contributed by atoms with Crippen molar-refractivity contribution in [3.8, 4) is 5.75 Å². The first-order valence-electron chi connectivity index (χ1n) is 9.12. The molecule has 1 aliphatic rings. The number of H-pyrrole nitrogens is 1. The molecule has 0 saturated heterocycles. The number of fused-ring (bicyclic) bond motifs is 1. The Bertz CT molecular complexity index is 994. The van der Waals surface area contributed by atoms with E-state index in [9.17, 15) is 4.79 Å². The van der Waals surface area contributed by atoms with Gasteiger partial charge in [-0.1, -0.05) is 30.8 Å². The van der Waals surface area contributed by atoms with Crippen LogP contribution in [0.4, 0.5) is 5.69 Å². The number of nitrogens with one attached hydrogen (secondary N) is 3. The second kappa shape index (κ2) is 7.60. The number of ether oxygens (including phenoxy) is 1. The largest absolute Gasteiger partial charge is 0.497 e. The van der Waals surface area contributed by atoms with Crippen molar-refractivity contribution in [3.05, 3.63) is 83.7 Å². The Morgan fingerprint density at radius 1 is 1.11 bits per heavy atom. The highest BCUT2D eigenvalue weighted by atomic mass is 16.5. The van der Waals surface area contributed by atoms with E-state index in [0.29, 0.717) is 12.1 Å². The molecule has 1 unspecified atom stereocenters. The van der Waals surface area contributed by atoms with Crippen LogP contribution in [0.3, 0.4) is 0 Å². The fourth-order valence-electron chi connectivity index (χ4n) is 3.37. The van der Waals surface area contributed by atoms with Gasteiger partial charge in [0.2, 0.25) is 5.91 Å². The number of benzene rings is 2. The summed E-state index contributed by atoms with van der Waals surface area (Å²) < 4.78 is 5.28. The lowest BCUT2D eigenvalue weighted by Gasteiger charge is -2.17. The number of nitrogens with zero attached hydrogens (tertiary/aromatic N) is 1. The van der Waals surface area contributed by atoms with E-state index < -0.39 is 6.04 Å². The van der Waals surface area contributed by atoms with Crippen LogP contribution in [0.5, 0.6) is 5.75 Å². The van der Waals surface area contributed by atoms with Gasteiger partial charge in [-0.25, -0.2) is 0 Å². The second-order valence-electron chi connectivity index (χ2n) is 6.88. The van der Waals surface area contributed by atoms with E-state index in [1.807, 2.05) is 30.6 Å². The van der Waals surface area contributed by atoms with Crippen molar-refractivity contribution in [1.82, 2.24) is 15.5 Å². The third-order valence-electron chi connectivity index (χ3n) is 4.90. The van der Waals surface area contributed by atoms with Crippen LogP contribution in [0.25, 0.3) is 5.70 Å². The monoisotopic (exact) mass is 374 g/mol. The van der Waals surface area contributed by atoms with Crippen LogP contribution in [0.2, 0.25) is 0 Å². The number of aromatic nitrogens is 2. The lowest BCUT2D eigenvalue weighted by Crippen LogP contribution is -2.39. The molecular formula is C22H22N4O2. The molecule has 28 heavy (non-hydrogen) atoms. The van der Waals surface area contributed by atoms with Crippen molar-refractivity contribution in [2.24, 2.45) is 0 Å². The number of carbonyl (C=O) groups excluding carboxylic acids is 1. The molecule has 1 aliphatic heterocycles.